The standard InChI is InChI=1S/C19H19N3O4/c1-12(20-18(23)14-5-4-6-16(11-14)25-3)19-21-17(22-26-19)13-7-9-15(24-2)10-8-13/h4-12H,1-3H3,(H,20,23)/t12-/m0/s1. The van der Waals surface area contributed by atoms with E-state index in [0.29, 0.717) is 23.0 Å². The maximum absolute atomic E-state index is 12.4. The van der Waals surface area contributed by atoms with Crippen LogP contribution in [-0.2, 0) is 0 Å². The fourth-order valence-electron chi connectivity index (χ4n) is 2.37. The fraction of sp³-hybridized carbons (Fsp3) is 0.211. The average molecular weight is 353 g/mol. The maximum Gasteiger partial charge on any atom is 0.252 e. The fourth-order valence-corrected chi connectivity index (χ4v) is 2.37. The molecule has 0 fully saturated rings. The monoisotopic (exact) mass is 353 g/mol. The number of carbonyl (C=O) groups excluding carboxylic acids is 1. The van der Waals surface area contributed by atoms with Crippen LogP contribution in [-0.4, -0.2) is 30.3 Å². The number of nitrogens with one attached hydrogen (secondary N) is 1. The quantitative estimate of drug-likeness (QED) is 0.732. The van der Waals surface area contributed by atoms with Gasteiger partial charge in [0.15, 0.2) is 0 Å². The van der Waals surface area contributed by atoms with E-state index in [4.69, 9.17) is 14.0 Å². The number of hydrogen-bond donors (Lipinski definition) is 1. The Balaban J connectivity index is 1.70. The van der Waals surface area contributed by atoms with Crippen LogP contribution < -0.4 is 14.8 Å². The van der Waals surface area contributed by atoms with E-state index in [-0.39, 0.29) is 5.91 Å². The van der Waals surface area contributed by atoms with Crippen LogP contribution in [0.1, 0.15) is 29.2 Å². The van der Waals surface area contributed by atoms with Crippen molar-refractivity contribution < 1.29 is 18.8 Å². The van der Waals surface area contributed by atoms with Gasteiger partial charge in [0.05, 0.1) is 14.2 Å². The Morgan fingerprint density at radius 2 is 1.81 bits per heavy atom. The van der Waals surface area contributed by atoms with Gasteiger partial charge in [-0.25, -0.2) is 0 Å². The van der Waals surface area contributed by atoms with Gasteiger partial charge in [-0.2, -0.15) is 4.98 Å². The highest BCUT2D eigenvalue weighted by Gasteiger charge is 2.18. The van der Waals surface area contributed by atoms with Gasteiger partial charge in [-0.05, 0) is 49.4 Å². The van der Waals surface area contributed by atoms with Crippen molar-refractivity contribution in [3.05, 3.63) is 60.0 Å². The Labute approximate surface area is 150 Å². The van der Waals surface area contributed by atoms with Gasteiger partial charge in [-0.3, -0.25) is 4.79 Å². The second-order valence-corrected chi connectivity index (χ2v) is 5.61. The lowest BCUT2D eigenvalue weighted by Gasteiger charge is -2.10. The summed E-state index contributed by atoms with van der Waals surface area (Å²) in [4.78, 5) is 16.7. The molecule has 3 aromatic rings. The van der Waals surface area contributed by atoms with E-state index in [1.54, 1.807) is 45.4 Å². The van der Waals surface area contributed by atoms with Gasteiger partial charge in [-0.1, -0.05) is 11.2 Å². The minimum atomic E-state index is -0.437. The molecule has 0 spiro atoms. The first kappa shape index (κ1) is 17.5. The van der Waals surface area contributed by atoms with Crippen molar-refractivity contribution in [1.29, 1.82) is 0 Å². The molecular formula is C19H19N3O4. The molecule has 0 saturated carbocycles. The van der Waals surface area contributed by atoms with Gasteiger partial charge >= 0.3 is 0 Å². The number of amides is 1. The molecule has 1 atom stereocenters. The van der Waals surface area contributed by atoms with E-state index in [2.05, 4.69) is 15.5 Å². The average Bonchev–Trinajstić information content (AvgIpc) is 3.18. The summed E-state index contributed by atoms with van der Waals surface area (Å²) < 4.78 is 15.6. The van der Waals surface area contributed by atoms with Crippen molar-refractivity contribution in [1.82, 2.24) is 15.5 Å². The van der Waals surface area contributed by atoms with Gasteiger partial charge < -0.3 is 19.3 Å². The molecule has 0 saturated heterocycles. The number of rotatable bonds is 6. The normalized spacial score (nSPS) is 11.7. The SMILES string of the molecule is COc1ccc(-c2noc([C@H](C)NC(=O)c3cccc(OC)c3)n2)cc1. The number of methoxy groups -OCH3 is 2. The van der Waals surface area contributed by atoms with Gasteiger partial charge in [0, 0.05) is 11.1 Å². The summed E-state index contributed by atoms with van der Waals surface area (Å²) in [7, 11) is 3.16. The zero-order chi connectivity index (χ0) is 18.5. The van der Waals surface area contributed by atoms with Crippen LogP contribution in [0.5, 0.6) is 11.5 Å². The molecule has 1 heterocycles. The summed E-state index contributed by atoms with van der Waals surface area (Å²) in [5.41, 5.74) is 1.29. The van der Waals surface area contributed by atoms with Gasteiger partial charge in [-0.15, -0.1) is 0 Å². The molecule has 0 radical (unpaired) electrons. The molecule has 0 aliphatic rings. The van der Waals surface area contributed by atoms with Crippen molar-refractivity contribution in [2.45, 2.75) is 13.0 Å². The van der Waals surface area contributed by atoms with Crippen LogP contribution in [0.3, 0.4) is 0 Å². The number of aromatic nitrogens is 2. The van der Waals surface area contributed by atoms with Crippen LogP contribution in [0.15, 0.2) is 53.1 Å². The third kappa shape index (κ3) is 3.83. The first-order chi connectivity index (χ1) is 12.6. The van der Waals surface area contributed by atoms with E-state index in [0.717, 1.165) is 11.3 Å². The third-order valence-electron chi connectivity index (χ3n) is 3.84. The molecule has 7 nitrogen and oxygen atoms in total. The van der Waals surface area contributed by atoms with Crippen LogP contribution in [0.2, 0.25) is 0 Å². The largest absolute Gasteiger partial charge is 0.497 e. The summed E-state index contributed by atoms with van der Waals surface area (Å²) in [5, 5.41) is 6.81. The van der Waals surface area contributed by atoms with Crippen molar-refractivity contribution in [3.8, 4) is 22.9 Å². The smallest absolute Gasteiger partial charge is 0.252 e. The highest BCUT2D eigenvalue weighted by molar-refractivity contribution is 5.94. The van der Waals surface area contributed by atoms with Crippen molar-refractivity contribution in [2.75, 3.05) is 14.2 Å². The van der Waals surface area contributed by atoms with Crippen LogP contribution in [0.25, 0.3) is 11.4 Å². The Kier molecular flexibility index (Phi) is 5.17. The molecule has 0 aliphatic carbocycles. The van der Waals surface area contributed by atoms with E-state index in [1.165, 1.54) is 0 Å². The number of nitrogens with zero attached hydrogens (tertiary/aromatic N) is 2. The minimum absolute atomic E-state index is 0.249. The Morgan fingerprint density at radius 3 is 2.50 bits per heavy atom. The first-order valence-corrected chi connectivity index (χ1v) is 8.03. The molecule has 1 N–H and O–H groups in total. The summed E-state index contributed by atoms with van der Waals surface area (Å²) in [6, 6.07) is 13.8. The van der Waals surface area contributed by atoms with E-state index in [9.17, 15) is 4.79 Å². The van der Waals surface area contributed by atoms with Crippen LogP contribution in [0.4, 0.5) is 0 Å². The maximum atomic E-state index is 12.4. The number of ether oxygens (including phenoxy) is 2. The molecule has 134 valence electrons. The summed E-state index contributed by atoms with van der Waals surface area (Å²) in [5.74, 6) is 1.89. The Hall–Kier alpha value is -3.35. The van der Waals surface area contributed by atoms with Crippen LogP contribution >= 0.6 is 0 Å². The van der Waals surface area contributed by atoms with Gasteiger partial charge in [0.1, 0.15) is 17.5 Å². The van der Waals surface area contributed by atoms with Gasteiger partial charge in [0.25, 0.3) is 5.91 Å². The lowest BCUT2D eigenvalue weighted by molar-refractivity contribution is 0.0932. The highest BCUT2D eigenvalue weighted by atomic mass is 16.5. The summed E-state index contributed by atoms with van der Waals surface area (Å²) in [6.45, 7) is 1.78. The molecule has 3 rings (SSSR count). The molecule has 0 bridgehead atoms. The Morgan fingerprint density at radius 1 is 1.08 bits per heavy atom. The summed E-state index contributed by atoms with van der Waals surface area (Å²) in [6.07, 6.45) is 0. The molecule has 7 heteroatoms. The lowest BCUT2D eigenvalue weighted by Crippen LogP contribution is -2.26. The van der Waals surface area contributed by atoms with Crippen molar-refractivity contribution in [3.63, 3.8) is 0 Å². The summed E-state index contributed by atoms with van der Waals surface area (Å²) >= 11 is 0. The third-order valence-corrected chi connectivity index (χ3v) is 3.84. The van der Waals surface area contributed by atoms with E-state index >= 15 is 0 Å². The Bertz CT molecular complexity index is 890. The second-order valence-electron chi connectivity index (χ2n) is 5.61. The van der Waals surface area contributed by atoms with E-state index in [1.807, 2.05) is 24.3 Å². The molecular weight excluding hydrogens is 334 g/mol. The van der Waals surface area contributed by atoms with Crippen LogP contribution in [0, 0.1) is 0 Å². The lowest BCUT2D eigenvalue weighted by atomic mass is 10.2. The predicted molar refractivity (Wildman–Crippen MR) is 95.2 cm³/mol. The number of hydrogen-bond acceptors (Lipinski definition) is 6. The molecule has 26 heavy (non-hydrogen) atoms. The molecule has 0 unspecified atom stereocenters. The zero-order valence-electron chi connectivity index (χ0n) is 14.7. The highest BCUT2D eigenvalue weighted by Crippen LogP contribution is 2.22. The number of benzene rings is 2. The van der Waals surface area contributed by atoms with Crippen molar-refractivity contribution in [2.24, 2.45) is 0 Å². The van der Waals surface area contributed by atoms with E-state index < -0.39 is 6.04 Å². The van der Waals surface area contributed by atoms with Crippen molar-refractivity contribution >= 4 is 5.91 Å². The molecule has 1 amide bonds. The topological polar surface area (TPSA) is 86.5 Å². The molecule has 2 aromatic carbocycles. The second kappa shape index (κ2) is 7.69. The molecule has 0 aliphatic heterocycles. The zero-order valence-corrected chi connectivity index (χ0v) is 14.7. The minimum Gasteiger partial charge on any atom is -0.497 e. The van der Waals surface area contributed by atoms with Gasteiger partial charge in [0.2, 0.25) is 11.7 Å². The molecule has 1 aromatic heterocycles. The first-order valence-electron chi connectivity index (χ1n) is 8.03. The number of carbonyl (C=O) groups is 1. The predicted octanol–water partition coefficient (Wildman–Crippen LogP) is 3.24.